The van der Waals surface area contributed by atoms with Crippen LogP contribution in [-0.4, -0.2) is 66.1 Å². The predicted molar refractivity (Wildman–Crippen MR) is 77.1 cm³/mol. The lowest BCUT2D eigenvalue weighted by Crippen LogP contribution is -2.54. The van der Waals surface area contributed by atoms with Crippen LogP contribution in [-0.2, 0) is 0 Å². The van der Waals surface area contributed by atoms with Gasteiger partial charge in [0.15, 0.2) is 0 Å². The van der Waals surface area contributed by atoms with Gasteiger partial charge in [0, 0.05) is 50.7 Å². The molecule has 1 aromatic heterocycles. The first-order chi connectivity index (χ1) is 9.08. The summed E-state index contributed by atoms with van der Waals surface area (Å²) in [6.45, 7) is 8.57. The molecule has 2 rings (SSSR count). The van der Waals surface area contributed by atoms with Crippen molar-refractivity contribution in [1.82, 2.24) is 25.1 Å². The third kappa shape index (κ3) is 3.72. The lowest BCUT2D eigenvalue weighted by Gasteiger charge is -2.38. The van der Waals surface area contributed by atoms with Gasteiger partial charge in [-0.25, -0.2) is 0 Å². The van der Waals surface area contributed by atoms with E-state index in [-0.39, 0.29) is 6.04 Å². The number of hydrogen-bond donors (Lipinski definition) is 1. The van der Waals surface area contributed by atoms with Crippen molar-refractivity contribution in [3.8, 4) is 0 Å². The monoisotopic (exact) mass is 263 g/mol. The van der Waals surface area contributed by atoms with Crippen LogP contribution < -0.4 is 5.32 Å². The van der Waals surface area contributed by atoms with E-state index in [2.05, 4.69) is 46.1 Å². The number of aromatic nitrogens is 2. The van der Waals surface area contributed by atoms with Crippen LogP contribution in [0.5, 0.6) is 0 Å². The summed E-state index contributed by atoms with van der Waals surface area (Å²) in [5.74, 6) is 0. The second-order valence-corrected chi connectivity index (χ2v) is 5.55. The Hall–Kier alpha value is -1.04. The Labute approximate surface area is 116 Å². The maximum absolute atomic E-state index is 4.43. The minimum Gasteiger partial charge on any atom is -0.307 e. The summed E-state index contributed by atoms with van der Waals surface area (Å²) in [5, 5.41) is 3.59. The molecule has 5 nitrogen and oxygen atoms in total. The smallest absolute Gasteiger partial charge is 0.0782 e. The molecule has 1 saturated heterocycles. The average molecular weight is 263 g/mol. The van der Waals surface area contributed by atoms with Gasteiger partial charge in [0.25, 0.3) is 0 Å². The Bertz CT molecular complexity index is 409. The van der Waals surface area contributed by atoms with Crippen LogP contribution in [0.2, 0.25) is 0 Å². The second kappa shape index (κ2) is 6.41. The van der Waals surface area contributed by atoms with E-state index in [4.69, 9.17) is 0 Å². The number of rotatable bonds is 4. The van der Waals surface area contributed by atoms with Crippen LogP contribution in [0.4, 0.5) is 0 Å². The molecular weight excluding hydrogens is 238 g/mol. The Balaban J connectivity index is 1.89. The third-order valence-corrected chi connectivity index (χ3v) is 3.97. The van der Waals surface area contributed by atoms with Gasteiger partial charge in [-0.15, -0.1) is 0 Å². The van der Waals surface area contributed by atoms with Crippen molar-refractivity contribution in [1.29, 1.82) is 0 Å². The van der Waals surface area contributed by atoms with Crippen molar-refractivity contribution < 1.29 is 0 Å². The molecule has 2 unspecified atom stereocenters. The first-order valence-corrected chi connectivity index (χ1v) is 6.97. The zero-order valence-electron chi connectivity index (χ0n) is 12.4. The molecule has 2 heterocycles. The highest BCUT2D eigenvalue weighted by atomic mass is 15.3. The summed E-state index contributed by atoms with van der Waals surface area (Å²) < 4.78 is 0. The molecule has 0 aromatic carbocycles. The van der Waals surface area contributed by atoms with Crippen molar-refractivity contribution in [2.75, 3.05) is 40.3 Å². The summed E-state index contributed by atoms with van der Waals surface area (Å²) in [5.41, 5.74) is 2.06. The molecule has 0 amide bonds. The zero-order chi connectivity index (χ0) is 13.8. The highest BCUT2D eigenvalue weighted by Crippen LogP contribution is 2.12. The fourth-order valence-corrected chi connectivity index (χ4v) is 2.57. The number of nitrogens with one attached hydrogen (secondary N) is 1. The zero-order valence-corrected chi connectivity index (χ0v) is 12.4. The highest BCUT2D eigenvalue weighted by molar-refractivity contribution is 5.12. The number of hydrogen-bond acceptors (Lipinski definition) is 5. The van der Waals surface area contributed by atoms with E-state index in [0.29, 0.717) is 6.04 Å². The first kappa shape index (κ1) is 14.4. The van der Waals surface area contributed by atoms with Crippen molar-refractivity contribution >= 4 is 0 Å². The van der Waals surface area contributed by atoms with Gasteiger partial charge < -0.3 is 10.2 Å². The van der Waals surface area contributed by atoms with Gasteiger partial charge in [-0.1, -0.05) is 0 Å². The van der Waals surface area contributed by atoms with Crippen molar-refractivity contribution in [3.63, 3.8) is 0 Å². The molecule has 5 heteroatoms. The third-order valence-electron chi connectivity index (χ3n) is 3.97. The fourth-order valence-electron chi connectivity index (χ4n) is 2.57. The van der Waals surface area contributed by atoms with Gasteiger partial charge in [0.05, 0.1) is 11.4 Å². The van der Waals surface area contributed by atoms with Crippen LogP contribution in [0.3, 0.4) is 0 Å². The van der Waals surface area contributed by atoms with E-state index in [0.717, 1.165) is 37.6 Å². The highest BCUT2D eigenvalue weighted by Gasteiger charge is 2.22. The van der Waals surface area contributed by atoms with Crippen LogP contribution >= 0.6 is 0 Å². The lowest BCUT2D eigenvalue weighted by atomic mass is 10.1. The molecule has 0 aliphatic carbocycles. The van der Waals surface area contributed by atoms with Crippen LogP contribution in [0.15, 0.2) is 12.4 Å². The molecule has 1 aromatic rings. The molecule has 0 saturated carbocycles. The number of nitrogens with zero attached hydrogens (tertiary/aromatic N) is 4. The molecule has 19 heavy (non-hydrogen) atoms. The van der Waals surface area contributed by atoms with Gasteiger partial charge >= 0.3 is 0 Å². The number of aryl methyl sites for hydroxylation is 1. The molecule has 2 atom stereocenters. The Morgan fingerprint density at radius 3 is 2.79 bits per heavy atom. The molecule has 1 N–H and O–H groups in total. The Kier molecular flexibility index (Phi) is 4.85. The summed E-state index contributed by atoms with van der Waals surface area (Å²) in [6.07, 6.45) is 3.51. The van der Waals surface area contributed by atoms with Gasteiger partial charge in [0.2, 0.25) is 0 Å². The largest absolute Gasteiger partial charge is 0.307 e. The predicted octanol–water partition coefficient (Wildman–Crippen LogP) is 0.681. The topological polar surface area (TPSA) is 44.3 Å². The molecule has 106 valence electrons. The quantitative estimate of drug-likeness (QED) is 0.865. The number of likely N-dealkylation sites (N-methyl/N-ethyl adjacent to an activating group) is 2. The molecular formula is C14H25N5. The van der Waals surface area contributed by atoms with Gasteiger partial charge in [-0.2, -0.15) is 0 Å². The van der Waals surface area contributed by atoms with E-state index in [1.807, 2.05) is 6.92 Å². The molecule has 1 aliphatic rings. The molecule has 0 bridgehead atoms. The Morgan fingerprint density at radius 1 is 1.32 bits per heavy atom. The number of piperazine rings is 1. The minimum atomic E-state index is 0.245. The van der Waals surface area contributed by atoms with Crippen LogP contribution in [0, 0.1) is 6.92 Å². The first-order valence-electron chi connectivity index (χ1n) is 6.97. The summed E-state index contributed by atoms with van der Waals surface area (Å²) in [7, 11) is 4.40. The van der Waals surface area contributed by atoms with E-state index in [9.17, 15) is 0 Å². The van der Waals surface area contributed by atoms with E-state index in [1.54, 1.807) is 12.4 Å². The lowest BCUT2D eigenvalue weighted by molar-refractivity contribution is 0.111. The standard InChI is InChI=1S/C14H25N5/c1-11-14(16-6-5-15-11)12(2)17-9-13-10-18(3)7-8-19(13)4/h5-6,12-13,17H,7-10H2,1-4H3. The molecule has 1 fully saturated rings. The molecule has 0 spiro atoms. The van der Waals surface area contributed by atoms with Gasteiger partial charge in [-0.3, -0.25) is 14.9 Å². The van der Waals surface area contributed by atoms with E-state index < -0.39 is 0 Å². The minimum absolute atomic E-state index is 0.245. The van der Waals surface area contributed by atoms with Crippen molar-refractivity contribution in [2.24, 2.45) is 0 Å². The summed E-state index contributed by atoms with van der Waals surface area (Å²) in [4.78, 5) is 13.6. The summed E-state index contributed by atoms with van der Waals surface area (Å²) >= 11 is 0. The summed E-state index contributed by atoms with van der Waals surface area (Å²) in [6, 6.07) is 0.813. The second-order valence-electron chi connectivity index (χ2n) is 5.55. The fraction of sp³-hybridized carbons (Fsp3) is 0.714. The van der Waals surface area contributed by atoms with Crippen LogP contribution in [0.25, 0.3) is 0 Å². The Morgan fingerprint density at radius 2 is 2.05 bits per heavy atom. The van der Waals surface area contributed by atoms with Crippen molar-refractivity contribution in [2.45, 2.75) is 25.9 Å². The van der Waals surface area contributed by atoms with Gasteiger partial charge in [-0.05, 0) is 27.9 Å². The van der Waals surface area contributed by atoms with E-state index in [1.165, 1.54) is 0 Å². The van der Waals surface area contributed by atoms with Gasteiger partial charge in [0.1, 0.15) is 0 Å². The van der Waals surface area contributed by atoms with Crippen LogP contribution in [0.1, 0.15) is 24.4 Å². The SMILES string of the molecule is Cc1nccnc1C(C)NCC1CN(C)CCN1C. The van der Waals surface area contributed by atoms with E-state index >= 15 is 0 Å². The maximum atomic E-state index is 4.43. The van der Waals surface area contributed by atoms with Crippen molar-refractivity contribution in [3.05, 3.63) is 23.8 Å². The average Bonchev–Trinajstić information content (AvgIpc) is 2.40. The normalized spacial score (nSPS) is 23.5. The maximum Gasteiger partial charge on any atom is 0.0782 e. The molecule has 1 aliphatic heterocycles. The molecule has 0 radical (unpaired) electrons.